The number of hydrogen-bond acceptors (Lipinski definition) is 3. The average Bonchev–Trinajstić information content (AvgIpc) is 2.50. The van der Waals surface area contributed by atoms with Crippen LogP contribution in [0.2, 0.25) is 0 Å². The minimum atomic E-state index is -3.67. The third-order valence-corrected chi connectivity index (χ3v) is 6.98. The van der Waals surface area contributed by atoms with Crippen molar-refractivity contribution in [2.75, 3.05) is 0 Å². The third kappa shape index (κ3) is 4.14. The van der Waals surface area contributed by atoms with E-state index in [0.29, 0.717) is 12.0 Å². The summed E-state index contributed by atoms with van der Waals surface area (Å²) in [6.45, 7) is 3.86. The number of aryl methyl sites for hydroxylation is 1. The van der Waals surface area contributed by atoms with Crippen molar-refractivity contribution >= 4 is 32.4 Å². The molecule has 124 valence electrons. The van der Waals surface area contributed by atoms with E-state index in [1.165, 1.54) is 0 Å². The van der Waals surface area contributed by atoms with E-state index < -0.39 is 21.2 Å². The smallest absolute Gasteiger partial charge is 0.187 e. The van der Waals surface area contributed by atoms with Crippen LogP contribution in [0.4, 0.5) is 0 Å². The number of benzene rings is 2. The molecule has 0 amide bonds. The van der Waals surface area contributed by atoms with E-state index in [-0.39, 0.29) is 4.90 Å². The molecule has 2 aromatic rings. The summed E-state index contributed by atoms with van der Waals surface area (Å²) in [5.74, 6) is 0. The molecule has 2 aromatic carbocycles. The monoisotopic (exact) mass is 444 g/mol. The first-order chi connectivity index (χ1) is 10.9. The zero-order valence-corrected chi connectivity index (χ0v) is 16.2. The van der Waals surface area contributed by atoms with Gasteiger partial charge in [0, 0.05) is 3.57 Å². The molecular weight excluding hydrogens is 423 g/mol. The first kappa shape index (κ1) is 18.4. The van der Waals surface area contributed by atoms with Crippen LogP contribution in [0, 0.1) is 10.5 Å². The van der Waals surface area contributed by atoms with Crippen LogP contribution in [0.25, 0.3) is 0 Å². The van der Waals surface area contributed by atoms with Crippen LogP contribution in [-0.2, 0) is 9.84 Å². The molecule has 5 heteroatoms. The van der Waals surface area contributed by atoms with Gasteiger partial charge >= 0.3 is 0 Å². The van der Waals surface area contributed by atoms with Gasteiger partial charge in [-0.05, 0) is 59.7 Å². The van der Waals surface area contributed by atoms with E-state index in [4.69, 9.17) is 0 Å². The Balaban J connectivity index is 2.57. The molecule has 0 saturated carbocycles. The van der Waals surface area contributed by atoms with Crippen LogP contribution >= 0.6 is 22.6 Å². The van der Waals surface area contributed by atoms with Gasteiger partial charge in [-0.15, -0.1) is 0 Å². The van der Waals surface area contributed by atoms with Gasteiger partial charge < -0.3 is 5.11 Å². The standard InChI is InChI=1S/C18H21IO3S/c1-3-6-17(20)18(15-7-4-5-8-16(15)19)23(21,22)14-11-9-13(2)10-12-14/h4-5,7-12,17-18,20H,3,6H2,1-2H3/t17-,18+/m0/s1. The topological polar surface area (TPSA) is 54.4 Å². The lowest BCUT2D eigenvalue weighted by molar-refractivity contribution is 0.157. The van der Waals surface area contributed by atoms with Crippen molar-refractivity contribution in [1.82, 2.24) is 0 Å². The molecule has 0 heterocycles. The summed E-state index contributed by atoms with van der Waals surface area (Å²) in [6, 6.07) is 14.1. The second kappa shape index (κ2) is 7.77. The van der Waals surface area contributed by atoms with Crippen LogP contribution in [0.5, 0.6) is 0 Å². The first-order valence-corrected chi connectivity index (χ1v) is 10.2. The highest BCUT2D eigenvalue weighted by molar-refractivity contribution is 14.1. The maximum Gasteiger partial charge on any atom is 0.187 e. The van der Waals surface area contributed by atoms with Crippen LogP contribution in [0.15, 0.2) is 53.4 Å². The lowest BCUT2D eigenvalue weighted by atomic mass is 10.0. The number of aliphatic hydroxyl groups is 1. The fourth-order valence-corrected chi connectivity index (χ4v) is 5.44. The Hall–Kier alpha value is -0.920. The molecule has 3 nitrogen and oxygen atoms in total. The highest BCUT2D eigenvalue weighted by atomic mass is 127. The van der Waals surface area contributed by atoms with Gasteiger partial charge in [-0.1, -0.05) is 49.2 Å². The van der Waals surface area contributed by atoms with Gasteiger partial charge in [0.05, 0.1) is 11.0 Å². The molecule has 0 aliphatic carbocycles. The summed E-state index contributed by atoms with van der Waals surface area (Å²) in [4.78, 5) is 0.253. The van der Waals surface area contributed by atoms with Crippen LogP contribution in [-0.4, -0.2) is 19.6 Å². The van der Waals surface area contributed by atoms with E-state index in [9.17, 15) is 13.5 Å². The predicted octanol–water partition coefficient (Wildman–Crippen LogP) is 4.28. The Bertz CT molecular complexity index is 754. The molecule has 2 atom stereocenters. The van der Waals surface area contributed by atoms with Gasteiger partial charge in [0.15, 0.2) is 9.84 Å². The van der Waals surface area contributed by atoms with Crippen molar-refractivity contribution in [3.63, 3.8) is 0 Å². The quantitative estimate of drug-likeness (QED) is 0.677. The van der Waals surface area contributed by atoms with Gasteiger partial charge in [0.2, 0.25) is 0 Å². The van der Waals surface area contributed by atoms with E-state index in [1.807, 2.05) is 32.0 Å². The third-order valence-electron chi connectivity index (χ3n) is 3.83. The van der Waals surface area contributed by atoms with Gasteiger partial charge in [0.25, 0.3) is 0 Å². The molecule has 0 fully saturated rings. The summed E-state index contributed by atoms with van der Waals surface area (Å²) in [6.07, 6.45) is 0.243. The molecule has 0 radical (unpaired) electrons. The van der Waals surface area contributed by atoms with Crippen molar-refractivity contribution in [2.45, 2.75) is 42.9 Å². The largest absolute Gasteiger partial charge is 0.391 e. The molecule has 0 spiro atoms. The Morgan fingerprint density at radius 1 is 1.09 bits per heavy atom. The highest BCUT2D eigenvalue weighted by Gasteiger charge is 2.35. The van der Waals surface area contributed by atoms with Crippen molar-refractivity contribution in [3.05, 3.63) is 63.2 Å². The number of rotatable bonds is 6. The molecule has 0 aliphatic rings. The van der Waals surface area contributed by atoms with Crippen molar-refractivity contribution in [2.24, 2.45) is 0 Å². The van der Waals surface area contributed by atoms with E-state index in [2.05, 4.69) is 22.6 Å². The minimum Gasteiger partial charge on any atom is -0.391 e. The van der Waals surface area contributed by atoms with E-state index in [1.54, 1.807) is 30.3 Å². The number of halogens is 1. The Kier molecular flexibility index (Phi) is 6.22. The van der Waals surface area contributed by atoms with Crippen LogP contribution in [0.3, 0.4) is 0 Å². The van der Waals surface area contributed by atoms with E-state index >= 15 is 0 Å². The molecule has 0 aromatic heterocycles. The molecule has 0 unspecified atom stereocenters. The van der Waals surface area contributed by atoms with Gasteiger partial charge in [-0.2, -0.15) is 0 Å². The van der Waals surface area contributed by atoms with Gasteiger partial charge in [0.1, 0.15) is 5.25 Å². The SMILES string of the molecule is CCC[C@H](O)[C@@H](c1ccccc1I)S(=O)(=O)c1ccc(C)cc1. The predicted molar refractivity (Wildman–Crippen MR) is 101 cm³/mol. The average molecular weight is 444 g/mol. The number of hydrogen-bond donors (Lipinski definition) is 1. The van der Waals surface area contributed by atoms with Gasteiger partial charge in [-0.25, -0.2) is 8.42 Å². The first-order valence-electron chi connectivity index (χ1n) is 7.61. The normalized spacial score (nSPS) is 14.4. The Morgan fingerprint density at radius 2 is 1.70 bits per heavy atom. The molecule has 0 saturated heterocycles. The van der Waals surface area contributed by atoms with Crippen molar-refractivity contribution in [1.29, 1.82) is 0 Å². The molecule has 1 N–H and O–H groups in total. The maximum absolute atomic E-state index is 13.1. The molecule has 0 aliphatic heterocycles. The lowest BCUT2D eigenvalue weighted by Crippen LogP contribution is -2.27. The number of sulfone groups is 1. The highest BCUT2D eigenvalue weighted by Crippen LogP contribution is 2.35. The van der Waals surface area contributed by atoms with Crippen molar-refractivity contribution < 1.29 is 13.5 Å². The van der Waals surface area contributed by atoms with E-state index in [0.717, 1.165) is 15.6 Å². The summed E-state index contributed by atoms with van der Waals surface area (Å²) in [5.41, 5.74) is 1.67. The fraction of sp³-hybridized carbons (Fsp3) is 0.333. The molecule has 0 bridgehead atoms. The molecule has 2 rings (SSSR count). The lowest BCUT2D eigenvalue weighted by Gasteiger charge is -2.24. The molecular formula is C18H21IO3S. The summed E-state index contributed by atoms with van der Waals surface area (Å²) < 4.78 is 27.1. The van der Waals surface area contributed by atoms with Crippen LogP contribution in [0.1, 0.15) is 36.1 Å². The second-order valence-electron chi connectivity index (χ2n) is 5.66. The van der Waals surface area contributed by atoms with Crippen molar-refractivity contribution in [3.8, 4) is 0 Å². The van der Waals surface area contributed by atoms with Crippen LogP contribution < -0.4 is 0 Å². The Labute approximate surface area is 151 Å². The number of aliphatic hydroxyl groups excluding tert-OH is 1. The fourth-order valence-electron chi connectivity index (χ4n) is 2.61. The summed E-state index contributed by atoms with van der Waals surface area (Å²) in [7, 11) is -3.67. The second-order valence-corrected chi connectivity index (χ2v) is 8.89. The van der Waals surface area contributed by atoms with Gasteiger partial charge in [-0.3, -0.25) is 0 Å². The maximum atomic E-state index is 13.1. The summed E-state index contributed by atoms with van der Waals surface area (Å²) in [5, 5.41) is 9.61. The zero-order valence-electron chi connectivity index (χ0n) is 13.2. The Morgan fingerprint density at radius 3 is 2.26 bits per heavy atom. The summed E-state index contributed by atoms with van der Waals surface area (Å²) >= 11 is 2.13. The minimum absolute atomic E-state index is 0.253. The molecule has 23 heavy (non-hydrogen) atoms. The zero-order chi connectivity index (χ0) is 17.0.